The molecule has 5 rings (SSSR count). The Labute approximate surface area is 225 Å². The van der Waals surface area contributed by atoms with Gasteiger partial charge in [0.05, 0.1) is 25.2 Å². The van der Waals surface area contributed by atoms with Crippen molar-refractivity contribution in [1.82, 2.24) is 30.1 Å². The minimum Gasteiger partial charge on any atom is -0.497 e. The quantitative estimate of drug-likeness (QED) is 0.263. The molecule has 0 spiro atoms. The molecule has 9 heteroatoms. The lowest BCUT2D eigenvalue weighted by atomic mass is 10.00. The molecule has 8 nitrogen and oxygen atoms in total. The van der Waals surface area contributed by atoms with Crippen LogP contribution in [-0.2, 0) is 19.6 Å². The van der Waals surface area contributed by atoms with Crippen molar-refractivity contribution < 1.29 is 4.74 Å². The number of fused-ring (bicyclic) bond motifs is 1. The van der Waals surface area contributed by atoms with Gasteiger partial charge in [-0.1, -0.05) is 50.2 Å². The van der Waals surface area contributed by atoms with Crippen molar-refractivity contribution in [3.05, 3.63) is 104 Å². The van der Waals surface area contributed by atoms with Gasteiger partial charge in [-0.15, -0.1) is 16.4 Å². The Morgan fingerprint density at radius 3 is 2.61 bits per heavy atom. The summed E-state index contributed by atoms with van der Waals surface area (Å²) in [4.78, 5) is 19.9. The second-order valence-electron chi connectivity index (χ2n) is 9.88. The lowest BCUT2D eigenvalue weighted by Crippen LogP contribution is -2.35. The van der Waals surface area contributed by atoms with Crippen LogP contribution in [0, 0.1) is 12.8 Å². The van der Waals surface area contributed by atoms with Crippen molar-refractivity contribution in [2.45, 2.75) is 46.4 Å². The van der Waals surface area contributed by atoms with E-state index in [2.05, 4.69) is 56.8 Å². The number of tetrazole rings is 1. The maximum absolute atomic E-state index is 13.2. The Morgan fingerprint density at radius 1 is 1.08 bits per heavy atom. The number of nitrogens with one attached hydrogen (secondary N) is 1. The van der Waals surface area contributed by atoms with E-state index >= 15 is 0 Å². The van der Waals surface area contributed by atoms with E-state index in [-0.39, 0.29) is 17.5 Å². The van der Waals surface area contributed by atoms with Crippen molar-refractivity contribution >= 4 is 22.2 Å². The third-order valence-corrected chi connectivity index (χ3v) is 7.68. The Morgan fingerprint density at radius 2 is 1.89 bits per heavy atom. The largest absolute Gasteiger partial charge is 0.497 e. The van der Waals surface area contributed by atoms with Crippen molar-refractivity contribution in [2.75, 3.05) is 7.11 Å². The van der Waals surface area contributed by atoms with Gasteiger partial charge in [0.25, 0.3) is 5.56 Å². The van der Waals surface area contributed by atoms with Gasteiger partial charge in [-0.3, -0.25) is 9.69 Å². The standard InChI is InChI=1S/C29H32N6O2S/c1-19(2)27(28-31-32-33-35(28)16-21-10-12-24(37-4)13-11-21)34(18-25-9-6-14-38-25)17-23-15-22-8-5-7-20(3)26(22)30-29(23)36/h5-15,19,27H,16-18H2,1-4H3,(H,30,36). The molecule has 1 unspecified atom stereocenters. The number of aryl methyl sites for hydroxylation is 1. The van der Waals surface area contributed by atoms with E-state index in [1.54, 1.807) is 18.4 Å². The summed E-state index contributed by atoms with van der Waals surface area (Å²) in [6.07, 6.45) is 0. The van der Waals surface area contributed by atoms with Crippen LogP contribution in [0.5, 0.6) is 5.75 Å². The molecule has 3 heterocycles. The van der Waals surface area contributed by atoms with Gasteiger partial charge in [0, 0.05) is 23.5 Å². The van der Waals surface area contributed by atoms with Crippen molar-refractivity contribution in [3.8, 4) is 5.75 Å². The number of para-hydroxylation sites is 1. The molecule has 0 aliphatic heterocycles. The minimum atomic E-state index is -0.113. The van der Waals surface area contributed by atoms with Gasteiger partial charge in [-0.05, 0) is 69.4 Å². The Hall–Kier alpha value is -3.82. The lowest BCUT2D eigenvalue weighted by molar-refractivity contribution is 0.127. The monoisotopic (exact) mass is 528 g/mol. The average Bonchev–Trinajstić information content (AvgIpc) is 3.58. The first kappa shape index (κ1) is 25.8. The van der Waals surface area contributed by atoms with Crippen LogP contribution in [0.25, 0.3) is 10.9 Å². The van der Waals surface area contributed by atoms with Crippen LogP contribution in [0.3, 0.4) is 0 Å². The fraction of sp³-hybridized carbons (Fsp3) is 0.310. The van der Waals surface area contributed by atoms with Crippen LogP contribution in [0.1, 0.15) is 47.3 Å². The van der Waals surface area contributed by atoms with Crippen LogP contribution in [0.2, 0.25) is 0 Å². The van der Waals surface area contributed by atoms with E-state index in [1.807, 2.05) is 60.1 Å². The summed E-state index contributed by atoms with van der Waals surface area (Å²) in [5, 5.41) is 16.0. The van der Waals surface area contributed by atoms with E-state index < -0.39 is 0 Å². The second-order valence-corrected chi connectivity index (χ2v) is 10.9. The molecule has 0 radical (unpaired) electrons. The Balaban J connectivity index is 1.52. The topological polar surface area (TPSA) is 88.9 Å². The highest BCUT2D eigenvalue weighted by molar-refractivity contribution is 7.09. The Bertz CT molecular complexity index is 1560. The summed E-state index contributed by atoms with van der Waals surface area (Å²) >= 11 is 1.71. The number of hydrogen-bond acceptors (Lipinski definition) is 7. The number of benzene rings is 2. The molecule has 0 amide bonds. The SMILES string of the molecule is COc1ccc(Cn2nnnc2C(C(C)C)N(Cc2cccs2)Cc2cc3cccc(C)c3[nH]c2=O)cc1. The van der Waals surface area contributed by atoms with Gasteiger partial charge in [0.15, 0.2) is 5.82 Å². The summed E-state index contributed by atoms with van der Waals surface area (Å²) in [6.45, 7) is 8.05. The highest BCUT2D eigenvalue weighted by Gasteiger charge is 2.30. The molecule has 1 N–H and O–H groups in total. The third-order valence-electron chi connectivity index (χ3n) is 6.82. The molecule has 0 fully saturated rings. The zero-order valence-electron chi connectivity index (χ0n) is 22.1. The van der Waals surface area contributed by atoms with Gasteiger partial charge in [-0.2, -0.15) is 0 Å². The molecule has 2 aromatic carbocycles. The van der Waals surface area contributed by atoms with E-state index in [0.29, 0.717) is 19.6 Å². The molecule has 38 heavy (non-hydrogen) atoms. The highest BCUT2D eigenvalue weighted by Crippen LogP contribution is 2.31. The number of rotatable bonds is 10. The number of methoxy groups -OCH3 is 1. The molecule has 3 aromatic heterocycles. The van der Waals surface area contributed by atoms with Crippen molar-refractivity contribution in [2.24, 2.45) is 5.92 Å². The molecular weight excluding hydrogens is 496 g/mol. The molecular formula is C29H32N6O2S. The fourth-order valence-corrected chi connectivity index (χ4v) is 5.67. The number of nitrogens with zero attached hydrogens (tertiary/aromatic N) is 5. The smallest absolute Gasteiger partial charge is 0.252 e. The lowest BCUT2D eigenvalue weighted by Gasteiger charge is -2.33. The first-order valence-corrected chi connectivity index (χ1v) is 13.6. The minimum absolute atomic E-state index is 0.0664. The molecule has 0 aliphatic carbocycles. The fourth-order valence-electron chi connectivity index (χ4n) is 4.94. The predicted molar refractivity (Wildman–Crippen MR) is 150 cm³/mol. The molecule has 5 aromatic rings. The van der Waals surface area contributed by atoms with E-state index in [4.69, 9.17) is 4.74 Å². The van der Waals surface area contributed by atoms with E-state index in [0.717, 1.165) is 39.2 Å². The molecule has 0 bridgehead atoms. The number of hydrogen-bond donors (Lipinski definition) is 1. The second kappa shape index (κ2) is 11.3. The molecule has 0 aliphatic rings. The van der Waals surface area contributed by atoms with Crippen LogP contribution < -0.4 is 10.3 Å². The van der Waals surface area contributed by atoms with Gasteiger partial charge in [0.1, 0.15) is 5.75 Å². The van der Waals surface area contributed by atoms with E-state index in [1.165, 1.54) is 4.88 Å². The summed E-state index contributed by atoms with van der Waals surface area (Å²) in [6, 6.07) is 20.1. The summed E-state index contributed by atoms with van der Waals surface area (Å²) in [5.74, 6) is 1.78. The third kappa shape index (κ3) is 5.54. The Kier molecular flexibility index (Phi) is 7.67. The van der Waals surface area contributed by atoms with Gasteiger partial charge < -0.3 is 9.72 Å². The summed E-state index contributed by atoms with van der Waals surface area (Å²) < 4.78 is 7.16. The summed E-state index contributed by atoms with van der Waals surface area (Å²) in [7, 11) is 1.66. The number of thiophene rings is 1. The normalized spacial score (nSPS) is 12.5. The average molecular weight is 529 g/mol. The van der Waals surface area contributed by atoms with Gasteiger partial charge >= 0.3 is 0 Å². The van der Waals surface area contributed by atoms with Gasteiger partial charge in [-0.25, -0.2) is 4.68 Å². The summed E-state index contributed by atoms with van der Waals surface area (Å²) in [5.41, 5.74) is 3.67. The van der Waals surface area contributed by atoms with Crippen LogP contribution in [0.15, 0.2) is 70.8 Å². The van der Waals surface area contributed by atoms with Gasteiger partial charge in [0.2, 0.25) is 0 Å². The van der Waals surface area contributed by atoms with Crippen LogP contribution in [0.4, 0.5) is 0 Å². The maximum Gasteiger partial charge on any atom is 0.252 e. The first-order valence-electron chi connectivity index (χ1n) is 12.7. The number of pyridine rings is 1. The molecule has 196 valence electrons. The van der Waals surface area contributed by atoms with Crippen LogP contribution >= 0.6 is 11.3 Å². The number of H-pyrrole nitrogens is 1. The highest BCUT2D eigenvalue weighted by atomic mass is 32.1. The first-order chi connectivity index (χ1) is 18.4. The molecule has 1 atom stereocenters. The predicted octanol–water partition coefficient (Wildman–Crippen LogP) is 5.34. The molecule has 0 saturated carbocycles. The van der Waals surface area contributed by atoms with Crippen molar-refractivity contribution in [3.63, 3.8) is 0 Å². The molecule has 0 saturated heterocycles. The van der Waals surface area contributed by atoms with Crippen LogP contribution in [-0.4, -0.2) is 37.2 Å². The number of aromatic amines is 1. The van der Waals surface area contributed by atoms with E-state index in [9.17, 15) is 4.79 Å². The zero-order chi connectivity index (χ0) is 26.6. The maximum atomic E-state index is 13.2. The van der Waals surface area contributed by atoms with Crippen molar-refractivity contribution in [1.29, 1.82) is 0 Å². The zero-order valence-corrected chi connectivity index (χ0v) is 22.9. The number of aromatic nitrogens is 5. The number of ether oxygens (including phenoxy) is 1.